The number of carbonyl (C=O) groups is 2. The van der Waals surface area contributed by atoms with Crippen LogP contribution in [0.15, 0.2) is 78.9 Å². The summed E-state index contributed by atoms with van der Waals surface area (Å²) in [5, 5.41) is 18.1. The molecule has 10 heteroatoms. The Morgan fingerprint density at radius 1 is 0.978 bits per heavy atom. The Morgan fingerprint density at radius 3 is 2.44 bits per heavy atom. The molecule has 2 atom stereocenters. The predicted molar refractivity (Wildman–Crippen MR) is 170 cm³/mol. The Bertz CT molecular complexity index is 1630. The van der Waals surface area contributed by atoms with E-state index in [9.17, 15) is 14.7 Å². The first-order chi connectivity index (χ1) is 21.8. The number of nitrogens with zero attached hydrogens (tertiary/aromatic N) is 4. The van der Waals surface area contributed by atoms with Gasteiger partial charge < -0.3 is 24.2 Å². The third kappa shape index (κ3) is 7.89. The fraction of sp³-hybridized carbons (Fsp3) is 0.314. The van der Waals surface area contributed by atoms with Crippen molar-refractivity contribution in [3.63, 3.8) is 0 Å². The molecule has 1 aromatic heterocycles. The Balaban J connectivity index is 1.38. The molecule has 0 aliphatic heterocycles. The molecular formula is C35H38N4O6. The SMILES string of the molecule is COc1ccc(CN(Cc2c(-c3ccc(OC4CCCC(C(=O)O)C4)cc3)nnn2C)C(=O)/C=C/c2ccccc2)c(OC)c1. The number of ether oxygens (including phenoxy) is 3. The fourth-order valence-corrected chi connectivity index (χ4v) is 5.56. The van der Waals surface area contributed by atoms with E-state index in [0.29, 0.717) is 35.8 Å². The van der Waals surface area contributed by atoms with Gasteiger partial charge in [-0.25, -0.2) is 4.68 Å². The molecule has 1 heterocycles. The van der Waals surface area contributed by atoms with E-state index in [0.717, 1.165) is 35.2 Å². The summed E-state index contributed by atoms with van der Waals surface area (Å²) in [5.41, 5.74) is 3.98. The summed E-state index contributed by atoms with van der Waals surface area (Å²) in [6, 6.07) is 22.8. The number of amides is 1. The standard InChI is InChI=1S/C35H38N4O6/c1-38-31(34(36-37-38)25-13-16-28(17-14-25)45-30-11-7-10-26(20-30)35(41)42)23-39(33(40)19-12-24-8-5-4-6-9-24)22-27-15-18-29(43-2)21-32(27)44-3/h4-6,8-9,12-19,21,26,30H,7,10-11,20,22-23H2,1-3H3,(H,41,42)/b19-12+. The number of aryl methyl sites for hydroxylation is 1. The number of carbonyl (C=O) groups excluding carboxylic acids is 1. The lowest BCUT2D eigenvalue weighted by Gasteiger charge is -2.27. The van der Waals surface area contributed by atoms with Crippen LogP contribution in [0, 0.1) is 5.92 Å². The summed E-state index contributed by atoms with van der Waals surface area (Å²) in [4.78, 5) is 26.9. The van der Waals surface area contributed by atoms with Crippen LogP contribution in [0.25, 0.3) is 17.3 Å². The zero-order valence-electron chi connectivity index (χ0n) is 25.8. The lowest BCUT2D eigenvalue weighted by atomic mass is 9.87. The van der Waals surface area contributed by atoms with Crippen LogP contribution in [0.3, 0.4) is 0 Å². The Kier molecular flexibility index (Phi) is 10.1. The first-order valence-corrected chi connectivity index (χ1v) is 15.0. The zero-order chi connectivity index (χ0) is 31.8. The molecule has 0 saturated heterocycles. The van der Waals surface area contributed by atoms with Crippen LogP contribution in [0.2, 0.25) is 0 Å². The summed E-state index contributed by atoms with van der Waals surface area (Å²) < 4.78 is 18.8. The summed E-state index contributed by atoms with van der Waals surface area (Å²) in [5.74, 6) is 0.645. The molecule has 1 N–H and O–H groups in total. The van der Waals surface area contributed by atoms with Crippen molar-refractivity contribution in [2.75, 3.05) is 14.2 Å². The molecule has 5 rings (SSSR count). The van der Waals surface area contributed by atoms with Gasteiger partial charge in [0.15, 0.2) is 0 Å². The average Bonchev–Trinajstić information content (AvgIpc) is 3.43. The van der Waals surface area contributed by atoms with Crippen molar-refractivity contribution in [3.05, 3.63) is 95.7 Å². The third-order valence-electron chi connectivity index (χ3n) is 8.07. The highest BCUT2D eigenvalue weighted by Crippen LogP contribution is 2.31. The van der Waals surface area contributed by atoms with E-state index in [1.807, 2.05) is 73.8 Å². The van der Waals surface area contributed by atoms with Crippen LogP contribution in [0.1, 0.15) is 42.5 Å². The van der Waals surface area contributed by atoms with Gasteiger partial charge in [0.1, 0.15) is 22.9 Å². The molecule has 0 bridgehead atoms. The molecule has 45 heavy (non-hydrogen) atoms. The van der Waals surface area contributed by atoms with Crippen molar-refractivity contribution in [2.24, 2.45) is 13.0 Å². The molecule has 4 aromatic rings. The zero-order valence-corrected chi connectivity index (χ0v) is 25.8. The Hall–Kier alpha value is -5.12. The van der Waals surface area contributed by atoms with Crippen molar-refractivity contribution in [3.8, 4) is 28.5 Å². The highest BCUT2D eigenvalue weighted by molar-refractivity contribution is 5.91. The molecule has 1 aliphatic rings. The smallest absolute Gasteiger partial charge is 0.306 e. The molecule has 1 fully saturated rings. The van der Waals surface area contributed by atoms with Crippen LogP contribution < -0.4 is 14.2 Å². The van der Waals surface area contributed by atoms with Gasteiger partial charge in [-0.1, -0.05) is 35.5 Å². The summed E-state index contributed by atoms with van der Waals surface area (Å²) in [6.07, 6.45) is 6.11. The van der Waals surface area contributed by atoms with Crippen LogP contribution in [-0.2, 0) is 29.7 Å². The largest absolute Gasteiger partial charge is 0.497 e. The van der Waals surface area contributed by atoms with Crippen LogP contribution >= 0.6 is 0 Å². The number of benzene rings is 3. The Morgan fingerprint density at radius 2 is 1.73 bits per heavy atom. The second kappa shape index (κ2) is 14.6. The number of aliphatic carboxylic acids is 1. The van der Waals surface area contributed by atoms with Gasteiger partial charge in [0.2, 0.25) is 5.91 Å². The minimum atomic E-state index is -0.762. The average molecular weight is 611 g/mol. The van der Waals surface area contributed by atoms with Crippen molar-refractivity contribution in [1.29, 1.82) is 0 Å². The monoisotopic (exact) mass is 610 g/mol. The van der Waals surface area contributed by atoms with Crippen molar-refractivity contribution in [1.82, 2.24) is 19.9 Å². The highest BCUT2D eigenvalue weighted by atomic mass is 16.5. The topological polar surface area (TPSA) is 116 Å². The van der Waals surface area contributed by atoms with E-state index in [1.165, 1.54) is 0 Å². The maximum atomic E-state index is 13.7. The molecule has 0 spiro atoms. The number of aromatic nitrogens is 3. The molecule has 0 radical (unpaired) electrons. The van der Waals surface area contributed by atoms with Crippen molar-refractivity contribution >= 4 is 18.0 Å². The van der Waals surface area contributed by atoms with Gasteiger partial charge in [0.25, 0.3) is 0 Å². The number of methoxy groups -OCH3 is 2. The lowest BCUT2D eigenvalue weighted by molar-refractivity contribution is -0.143. The minimum Gasteiger partial charge on any atom is -0.497 e. The van der Waals surface area contributed by atoms with E-state index < -0.39 is 5.97 Å². The maximum absolute atomic E-state index is 13.7. The molecule has 234 valence electrons. The molecule has 1 aliphatic carbocycles. The normalized spacial score (nSPS) is 16.3. The van der Waals surface area contributed by atoms with Crippen LogP contribution in [-0.4, -0.2) is 57.2 Å². The van der Waals surface area contributed by atoms with E-state index in [2.05, 4.69) is 10.3 Å². The van der Waals surface area contributed by atoms with Crippen LogP contribution in [0.5, 0.6) is 17.2 Å². The molecule has 1 saturated carbocycles. The first-order valence-electron chi connectivity index (χ1n) is 15.0. The number of hydrogen-bond acceptors (Lipinski definition) is 7. The second-order valence-corrected chi connectivity index (χ2v) is 11.1. The first kappa shape index (κ1) is 31.3. The molecule has 3 aromatic carbocycles. The summed E-state index contributed by atoms with van der Waals surface area (Å²) in [7, 11) is 5.00. The molecule has 10 nitrogen and oxygen atoms in total. The van der Waals surface area contributed by atoms with Gasteiger partial charge in [-0.15, -0.1) is 5.10 Å². The highest BCUT2D eigenvalue weighted by Gasteiger charge is 2.28. The summed E-state index contributed by atoms with van der Waals surface area (Å²) in [6.45, 7) is 0.518. The van der Waals surface area contributed by atoms with E-state index in [4.69, 9.17) is 14.2 Å². The number of carboxylic acid groups (broad SMARTS) is 1. The van der Waals surface area contributed by atoms with Gasteiger partial charge in [-0.3, -0.25) is 9.59 Å². The number of hydrogen-bond donors (Lipinski definition) is 1. The second-order valence-electron chi connectivity index (χ2n) is 11.1. The number of rotatable bonds is 12. The molecular weight excluding hydrogens is 572 g/mol. The minimum absolute atomic E-state index is 0.128. The van der Waals surface area contributed by atoms with Gasteiger partial charge in [0.05, 0.1) is 45.0 Å². The van der Waals surface area contributed by atoms with Gasteiger partial charge in [-0.2, -0.15) is 0 Å². The quantitative estimate of drug-likeness (QED) is 0.201. The van der Waals surface area contributed by atoms with Gasteiger partial charge in [-0.05, 0) is 73.7 Å². The van der Waals surface area contributed by atoms with Crippen molar-refractivity contribution in [2.45, 2.75) is 44.9 Å². The van der Waals surface area contributed by atoms with Gasteiger partial charge in [0, 0.05) is 30.3 Å². The van der Waals surface area contributed by atoms with E-state index in [-0.39, 0.29) is 31.0 Å². The van der Waals surface area contributed by atoms with Crippen molar-refractivity contribution < 1.29 is 28.9 Å². The molecule has 1 amide bonds. The maximum Gasteiger partial charge on any atom is 0.306 e. The molecule has 2 unspecified atom stereocenters. The number of carboxylic acids is 1. The summed E-state index contributed by atoms with van der Waals surface area (Å²) >= 11 is 0. The van der Waals surface area contributed by atoms with Gasteiger partial charge >= 0.3 is 5.97 Å². The third-order valence-corrected chi connectivity index (χ3v) is 8.07. The van der Waals surface area contributed by atoms with E-state index in [1.54, 1.807) is 42.0 Å². The lowest BCUT2D eigenvalue weighted by Crippen LogP contribution is -2.30. The fourth-order valence-electron chi connectivity index (χ4n) is 5.56. The van der Waals surface area contributed by atoms with E-state index >= 15 is 0 Å². The van der Waals surface area contributed by atoms with Crippen LogP contribution in [0.4, 0.5) is 0 Å². The predicted octanol–water partition coefficient (Wildman–Crippen LogP) is 5.76. The Labute approximate surface area is 262 Å².